The molecule has 21 heavy (non-hydrogen) atoms. The number of ether oxygens (including phenoxy) is 2. The number of esters is 2. The number of carbonyl (C=O) groups excluding carboxylic acids is 2. The molecule has 0 heterocycles. The summed E-state index contributed by atoms with van der Waals surface area (Å²) < 4.78 is 10.7. The first-order valence-corrected chi connectivity index (χ1v) is 7.28. The molecule has 0 atom stereocenters. The van der Waals surface area contributed by atoms with E-state index in [2.05, 4.69) is 0 Å². The van der Waals surface area contributed by atoms with Gasteiger partial charge in [0.05, 0.1) is 0 Å². The van der Waals surface area contributed by atoms with Crippen molar-refractivity contribution in [3.05, 3.63) is 29.8 Å². The van der Waals surface area contributed by atoms with Crippen LogP contribution in [0, 0.1) is 5.92 Å². The van der Waals surface area contributed by atoms with Gasteiger partial charge < -0.3 is 9.47 Å². The summed E-state index contributed by atoms with van der Waals surface area (Å²) in [6.45, 7) is 9.51. The van der Waals surface area contributed by atoms with E-state index >= 15 is 0 Å². The molecule has 0 saturated carbocycles. The predicted molar refractivity (Wildman–Crippen MR) is 81.3 cm³/mol. The van der Waals surface area contributed by atoms with Crippen molar-refractivity contribution >= 4 is 11.9 Å². The average molecular weight is 292 g/mol. The minimum absolute atomic E-state index is 0.204. The summed E-state index contributed by atoms with van der Waals surface area (Å²) in [5.74, 6) is -0.370. The lowest BCUT2D eigenvalue weighted by atomic mass is 10.1. The number of rotatable bonds is 6. The molecule has 0 bridgehead atoms. The minimum atomic E-state index is -0.549. The van der Waals surface area contributed by atoms with E-state index in [4.69, 9.17) is 9.47 Å². The smallest absolute Gasteiger partial charge is 0.342 e. The molecule has 0 fully saturated rings. The van der Waals surface area contributed by atoms with Crippen LogP contribution in [0.15, 0.2) is 24.3 Å². The Morgan fingerprint density at radius 1 is 1.19 bits per heavy atom. The third-order valence-corrected chi connectivity index (χ3v) is 3.13. The van der Waals surface area contributed by atoms with Gasteiger partial charge in [-0.2, -0.15) is 0 Å². The van der Waals surface area contributed by atoms with Gasteiger partial charge in [-0.15, -0.1) is 0 Å². The maximum Gasteiger partial charge on any atom is 0.342 e. The Morgan fingerprint density at radius 3 is 2.38 bits per heavy atom. The Bertz CT molecular complexity index is 503. The van der Waals surface area contributed by atoms with Gasteiger partial charge in [-0.25, -0.2) is 4.79 Å². The molecule has 0 N–H and O–H groups in total. The Balaban J connectivity index is 2.89. The molecule has 0 aromatic heterocycles. The summed E-state index contributed by atoms with van der Waals surface area (Å²) in [6.07, 6.45) is 1.01. The molecule has 0 radical (unpaired) electrons. The normalized spacial score (nSPS) is 11.3. The van der Waals surface area contributed by atoms with Gasteiger partial charge >= 0.3 is 11.9 Å². The zero-order chi connectivity index (χ0) is 16.0. The van der Waals surface area contributed by atoms with E-state index in [1.54, 1.807) is 24.3 Å². The molecule has 1 aromatic carbocycles. The molecule has 4 nitrogen and oxygen atoms in total. The van der Waals surface area contributed by atoms with E-state index < -0.39 is 11.6 Å². The molecular weight excluding hydrogens is 268 g/mol. The van der Waals surface area contributed by atoms with Gasteiger partial charge in [0.2, 0.25) is 0 Å². The molecule has 0 saturated heterocycles. The monoisotopic (exact) mass is 292 g/mol. The number of hydrogen-bond donors (Lipinski definition) is 0. The number of para-hydroxylation sites is 1. The van der Waals surface area contributed by atoms with Crippen LogP contribution in [0.4, 0.5) is 0 Å². The second kappa shape index (κ2) is 7.25. The van der Waals surface area contributed by atoms with Gasteiger partial charge in [0, 0.05) is 6.42 Å². The van der Waals surface area contributed by atoms with E-state index in [0.717, 1.165) is 0 Å². The summed E-state index contributed by atoms with van der Waals surface area (Å²) in [4.78, 5) is 24.0. The Kier molecular flexibility index (Phi) is 5.94. The van der Waals surface area contributed by atoms with Crippen molar-refractivity contribution in [1.82, 2.24) is 0 Å². The summed E-state index contributed by atoms with van der Waals surface area (Å²) in [5.41, 5.74) is -0.275. The average Bonchev–Trinajstić information content (AvgIpc) is 2.37. The van der Waals surface area contributed by atoms with Crippen LogP contribution in [0.3, 0.4) is 0 Å². The largest absolute Gasteiger partial charge is 0.456 e. The molecule has 1 aromatic rings. The maximum absolute atomic E-state index is 12.2. The summed E-state index contributed by atoms with van der Waals surface area (Å²) in [7, 11) is 0. The molecule has 116 valence electrons. The molecule has 0 unspecified atom stereocenters. The zero-order valence-electron chi connectivity index (χ0n) is 13.4. The van der Waals surface area contributed by atoms with Gasteiger partial charge in [-0.05, 0) is 38.3 Å². The topological polar surface area (TPSA) is 52.6 Å². The Hall–Kier alpha value is -1.84. The fourth-order valence-electron chi connectivity index (χ4n) is 1.60. The highest BCUT2D eigenvalue weighted by Crippen LogP contribution is 2.23. The molecule has 0 aliphatic rings. The van der Waals surface area contributed by atoms with E-state index in [1.807, 2.05) is 34.6 Å². The SMILES string of the molecule is CCC(C)(C)OC(=O)c1ccccc1OC(=O)CC(C)C. The van der Waals surface area contributed by atoms with Crippen LogP contribution in [0.2, 0.25) is 0 Å². The maximum atomic E-state index is 12.2. The second-order valence-corrected chi connectivity index (χ2v) is 6.07. The van der Waals surface area contributed by atoms with Gasteiger partial charge in [0.1, 0.15) is 16.9 Å². The lowest BCUT2D eigenvalue weighted by molar-refractivity contribution is -0.135. The van der Waals surface area contributed by atoms with E-state index in [-0.39, 0.29) is 23.2 Å². The fraction of sp³-hybridized carbons (Fsp3) is 0.529. The van der Waals surface area contributed by atoms with Crippen molar-refractivity contribution in [1.29, 1.82) is 0 Å². The third-order valence-electron chi connectivity index (χ3n) is 3.13. The Labute approximate surface area is 126 Å². The lowest BCUT2D eigenvalue weighted by Crippen LogP contribution is -2.27. The standard InChI is InChI=1S/C17H24O4/c1-6-17(4,5)21-16(19)13-9-7-8-10-14(13)20-15(18)11-12(2)3/h7-10,12H,6,11H2,1-5H3. The molecule has 1 rings (SSSR count). The highest BCUT2D eigenvalue weighted by Gasteiger charge is 2.24. The number of benzene rings is 1. The lowest BCUT2D eigenvalue weighted by Gasteiger charge is -2.23. The zero-order valence-corrected chi connectivity index (χ0v) is 13.4. The first-order chi connectivity index (χ1) is 9.75. The summed E-state index contributed by atoms with van der Waals surface area (Å²) >= 11 is 0. The highest BCUT2D eigenvalue weighted by atomic mass is 16.6. The Morgan fingerprint density at radius 2 is 1.81 bits per heavy atom. The van der Waals surface area contributed by atoms with Crippen LogP contribution in [0.25, 0.3) is 0 Å². The molecular formula is C17H24O4. The number of carbonyl (C=O) groups is 2. The quantitative estimate of drug-likeness (QED) is 0.588. The van der Waals surface area contributed by atoms with E-state index in [9.17, 15) is 9.59 Å². The van der Waals surface area contributed by atoms with Crippen molar-refractivity contribution in [2.75, 3.05) is 0 Å². The first-order valence-electron chi connectivity index (χ1n) is 7.28. The van der Waals surface area contributed by atoms with Gasteiger partial charge in [0.25, 0.3) is 0 Å². The van der Waals surface area contributed by atoms with Crippen molar-refractivity contribution in [2.45, 2.75) is 53.1 Å². The molecule has 0 amide bonds. The van der Waals surface area contributed by atoms with Gasteiger partial charge in [-0.3, -0.25) is 4.79 Å². The second-order valence-electron chi connectivity index (χ2n) is 6.07. The predicted octanol–water partition coefficient (Wildman–Crippen LogP) is 3.98. The van der Waals surface area contributed by atoms with Crippen LogP contribution in [0.1, 0.15) is 57.8 Å². The fourth-order valence-corrected chi connectivity index (χ4v) is 1.60. The van der Waals surface area contributed by atoms with Crippen molar-refractivity contribution in [3.8, 4) is 5.75 Å². The van der Waals surface area contributed by atoms with Crippen LogP contribution >= 0.6 is 0 Å². The van der Waals surface area contributed by atoms with E-state index in [0.29, 0.717) is 12.8 Å². The molecule has 0 spiro atoms. The minimum Gasteiger partial charge on any atom is -0.456 e. The third kappa shape index (κ3) is 5.58. The van der Waals surface area contributed by atoms with E-state index in [1.165, 1.54) is 0 Å². The van der Waals surface area contributed by atoms with Crippen LogP contribution in [-0.2, 0) is 9.53 Å². The van der Waals surface area contributed by atoms with Crippen LogP contribution in [-0.4, -0.2) is 17.5 Å². The highest BCUT2D eigenvalue weighted by molar-refractivity contribution is 5.93. The summed E-state index contributed by atoms with van der Waals surface area (Å²) in [6, 6.07) is 6.65. The van der Waals surface area contributed by atoms with Crippen LogP contribution in [0.5, 0.6) is 5.75 Å². The van der Waals surface area contributed by atoms with Crippen LogP contribution < -0.4 is 4.74 Å². The van der Waals surface area contributed by atoms with Gasteiger partial charge in [0.15, 0.2) is 0 Å². The molecule has 0 aliphatic heterocycles. The van der Waals surface area contributed by atoms with Crippen molar-refractivity contribution in [3.63, 3.8) is 0 Å². The molecule has 4 heteroatoms. The number of hydrogen-bond acceptors (Lipinski definition) is 4. The first kappa shape index (κ1) is 17.2. The van der Waals surface area contributed by atoms with Crippen molar-refractivity contribution < 1.29 is 19.1 Å². The molecule has 0 aliphatic carbocycles. The van der Waals surface area contributed by atoms with Gasteiger partial charge in [-0.1, -0.05) is 32.9 Å². The van der Waals surface area contributed by atoms with Crippen molar-refractivity contribution in [2.24, 2.45) is 5.92 Å². The summed E-state index contributed by atoms with van der Waals surface area (Å²) in [5, 5.41) is 0.